The topological polar surface area (TPSA) is 66.8 Å². The lowest BCUT2D eigenvalue weighted by Crippen LogP contribution is -2.37. The quantitative estimate of drug-likeness (QED) is 0.594. The van der Waals surface area contributed by atoms with E-state index in [4.69, 9.17) is 9.84 Å². The van der Waals surface area contributed by atoms with Crippen LogP contribution in [-0.4, -0.2) is 34.5 Å². The molecule has 4 heteroatoms. The van der Waals surface area contributed by atoms with E-state index in [0.29, 0.717) is 0 Å². The molecule has 0 aromatic heterocycles. The predicted molar refractivity (Wildman–Crippen MR) is 44.1 cm³/mol. The summed E-state index contributed by atoms with van der Waals surface area (Å²) in [4.78, 5) is 10.9. The maximum atomic E-state index is 10.9. The Balaban J connectivity index is 2.25. The van der Waals surface area contributed by atoms with E-state index in [-0.39, 0.29) is 18.1 Å². The molecule has 5 unspecified atom stereocenters. The van der Waals surface area contributed by atoms with Crippen LogP contribution in [0.2, 0.25) is 0 Å². The van der Waals surface area contributed by atoms with E-state index in [9.17, 15) is 9.90 Å². The molecule has 0 spiro atoms. The molecule has 2 aliphatic heterocycles. The molecular formula is C9H12O4. The number of aliphatic hydroxyl groups is 1. The number of hydrogen-bond acceptors (Lipinski definition) is 3. The minimum Gasteiger partial charge on any atom is -0.481 e. The molecule has 0 aromatic carbocycles. The van der Waals surface area contributed by atoms with E-state index in [1.807, 2.05) is 6.08 Å². The van der Waals surface area contributed by atoms with Crippen LogP contribution >= 0.6 is 0 Å². The lowest BCUT2D eigenvalue weighted by atomic mass is 9.80. The monoisotopic (exact) mass is 184 g/mol. The fourth-order valence-electron chi connectivity index (χ4n) is 2.22. The Kier molecular flexibility index (Phi) is 1.89. The number of fused-ring (bicyclic) bond motifs is 2. The third kappa shape index (κ3) is 1.17. The maximum Gasteiger partial charge on any atom is 0.309 e. The largest absolute Gasteiger partial charge is 0.481 e. The minimum absolute atomic E-state index is 0.217. The molecule has 5 atom stereocenters. The Bertz CT molecular complexity index is 258. The smallest absolute Gasteiger partial charge is 0.309 e. The second-order valence-corrected chi connectivity index (χ2v) is 3.63. The van der Waals surface area contributed by atoms with Gasteiger partial charge in [-0.15, -0.1) is 0 Å². The standard InChI is InChI=1S/C9H12O4/c1-4(10)7-5-2-3-6(13-5)8(7)9(11)12/h2-8,10H,1H3,(H,11,12). The van der Waals surface area contributed by atoms with Gasteiger partial charge < -0.3 is 14.9 Å². The van der Waals surface area contributed by atoms with E-state index in [0.717, 1.165) is 0 Å². The average Bonchev–Trinajstić information content (AvgIpc) is 2.60. The number of ether oxygens (including phenoxy) is 1. The minimum atomic E-state index is -0.886. The van der Waals surface area contributed by atoms with Crippen LogP contribution in [0.15, 0.2) is 12.2 Å². The molecule has 2 heterocycles. The van der Waals surface area contributed by atoms with Crippen molar-refractivity contribution >= 4 is 5.97 Å². The van der Waals surface area contributed by atoms with Gasteiger partial charge in [0.2, 0.25) is 0 Å². The van der Waals surface area contributed by atoms with Gasteiger partial charge in [-0.05, 0) is 6.92 Å². The molecule has 2 bridgehead atoms. The van der Waals surface area contributed by atoms with Gasteiger partial charge in [0, 0.05) is 5.92 Å². The summed E-state index contributed by atoms with van der Waals surface area (Å²) in [5.74, 6) is -1.77. The molecule has 13 heavy (non-hydrogen) atoms. The van der Waals surface area contributed by atoms with Crippen LogP contribution in [0.4, 0.5) is 0 Å². The van der Waals surface area contributed by atoms with Crippen molar-refractivity contribution in [2.45, 2.75) is 25.2 Å². The highest BCUT2D eigenvalue weighted by Crippen LogP contribution is 2.40. The summed E-state index contributed by atoms with van der Waals surface area (Å²) in [7, 11) is 0. The van der Waals surface area contributed by atoms with E-state index in [1.54, 1.807) is 13.0 Å². The number of rotatable bonds is 2. The maximum absolute atomic E-state index is 10.9. The predicted octanol–water partition coefficient (Wildman–Crippen LogP) is 0.0214. The van der Waals surface area contributed by atoms with E-state index >= 15 is 0 Å². The van der Waals surface area contributed by atoms with Crippen molar-refractivity contribution in [1.29, 1.82) is 0 Å². The van der Waals surface area contributed by atoms with Crippen molar-refractivity contribution < 1.29 is 19.7 Å². The van der Waals surface area contributed by atoms with Gasteiger partial charge in [0.15, 0.2) is 0 Å². The van der Waals surface area contributed by atoms with Crippen LogP contribution in [0.25, 0.3) is 0 Å². The number of carbonyl (C=O) groups is 1. The molecule has 1 fully saturated rings. The molecule has 4 nitrogen and oxygen atoms in total. The summed E-state index contributed by atoms with van der Waals surface area (Å²) in [5, 5.41) is 18.3. The van der Waals surface area contributed by atoms with Crippen LogP contribution in [0.1, 0.15) is 6.92 Å². The Morgan fingerprint density at radius 1 is 1.46 bits per heavy atom. The van der Waals surface area contributed by atoms with Gasteiger partial charge >= 0.3 is 5.97 Å². The highest BCUT2D eigenvalue weighted by molar-refractivity contribution is 5.72. The number of carboxylic acid groups (broad SMARTS) is 1. The summed E-state index contributed by atoms with van der Waals surface area (Å²) in [6, 6.07) is 0. The third-order valence-corrected chi connectivity index (χ3v) is 2.79. The molecule has 2 rings (SSSR count). The second-order valence-electron chi connectivity index (χ2n) is 3.63. The van der Waals surface area contributed by atoms with Crippen LogP contribution < -0.4 is 0 Å². The van der Waals surface area contributed by atoms with Gasteiger partial charge in [0.25, 0.3) is 0 Å². The molecule has 0 amide bonds. The molecule has 1 saturated heterocycles. The van der Waals surface area contributed by atoms with Crippen molar-refractivity contribution in [2.24, 2.45) is 11.8 Å². The highest BCUT2D eigenvalue weighted by atomic mass is 16.5. The summed E-state index contributed by atoms with van der Waals surface area (Å²) in [5.41, 5.74) is 0. The first-order chi connectivity index (χ1) is 6.11. The molecular weight excluding hydrogens is 172 g/mol. The lowest BCUT2D eigenvalue weighted by molar-refractivity contribution is -0.145. The Hall–Kier alpha value is -0.870. The van der Waals surface area contributed by atoms with Crippen LogP contribution in [0.3, 0.4) is 0 Å². The molecule has 2 aliphatic rings. The van der Waals surface area contributed by atoms with Gasteiger partial charge in [-0.25, -0.2) is 0 Å². The Morgan fingerprint density at radius 2 is 2.08 bits per heavy atom. The summed E-state index contributed by atoms with van der Waals surface area (Å²) < 4.78 is 5.37. The molecule has 72 valence electrons. The Labute approximate surface area is 75.8 Å². The molecule has 0 saturated carbocycles. The van der Waals surface area contributed by atoms with Crippen molar-refractivity contribution in [3.8, 4) is 0 Å². The number of carboxylic acids is 1. The van der Waals surface area contributed by atoms with Gasteiger partial charge in [-0.2, -0.15) is 0 Å². The fourth-order valence-corrected chi connectivity index (χ4v) is 2.22. The van der Waals surface area contributed by atoms with Gasteiger partial charge in [0.1, 0.15) is 0 Å². The fraction of sp³-hybridized carbons (Fsp3) is 0.667. The molecule has 2 N–H and O–H groups in total. The molecule has 0 aliphatic carbocycles. The van der Waals surface area contributed by atoms with Crippen molar-refractivity contribution in [3.63, 3.8) is 0 Å². The highest BCUT2D eigenvalue weighted by Gasteiger charge is 2.51. The van der Waals surface area contributed by atoms with Gasteiger partial charge in [-0.1, -0.05) is 12.2 Å². The first-order valence-electron chi connectivity index (χ1n) is 4.36. The van der Waals surface area contributed by atoms with Crippen LogP contribution in [-0.2, 0) is 9.53 Å². The number of aliphatic hydroxyl groups excluding tert-OH is 1. The summed E-state index contributed by atoms with van der Waals surface area (Å²) >= 11 is 0. The van der Waals surface area contributed by atoms with E-state index in [2.05, 4.69) is 0 Å². The number of hydrogen-bond donors (Lipinski definition) is 2. The SMILES string of the molecule is CC(O)C1C2C=CC(O2)C1C(=O)O. The zero-order chi connectivity index (χ0) is 9.59. The number of aliphatic carboxylic acids is 1. The zero-order valence-corrected chi connectivity index (χ0v) is 7.25. The van der Waals surface area contributed by atoms with Crippen molar-refractivity contribution in [1.82, 2.24) is 0 Å². The first-order valence-corrected chi connectivity index (χ1v) is 4.36. The average molecular weight is 184 g/mol. The van der Waals surface area contributed by atoms with Crippen molar-refractivity contribution in [2.75, 3.05) is 0 Å². The van der Waals surface area contributed by atoms with Crippen LogP contribution in [0.5, 0.6) is 0 Å². The van der Waals surface area contributed by atoms with Gasteiger partial charge in [-0.3, -0.25) is 4.79 Å². The van der Waals surface area contributed by atoms with E-state index < -0.39 is 18.0 Å². The van der Waals surface area contributed by atoms with Crippen LogP contribution in [0, 0.1) is 11.8 Å². The lowest BCUT2D eigenvalue weighted by Gasteiger charge is -2.23. The zero-order valence-electron chi connectivity index (χ0n) is 7.25. The van der Waals surface area contributed by atoms with Crippen molar-refractivity contribution in [3.05, 3.63) is 12.2 Å². The van der Waals surface area contributed by atoms with Gasteiger partial charge in [0.05, 0.1) is 24.2 Å². The Morgan fingerprint density at radius 3 is 2.54 bits per heavy atom. The first kappa shape index (κ1) is 8.72. The van der Waals surface area contributed by atoms with E-state index in [1.165, 1.54) is 0 Å². The second kappa shape index (κ2) is 2.82. The molecule has 0 aromatic rings. The normalized spacial score (nSPS) is 43.8. The third-order valence-electron chi connectivity index (χ3n) is 2.79. The molecule has 0 radical (unpaired) electrons. The summed E-state index contributed by atoms with van der Waals surface area (Å²) in [6.07, 6.45) is 2.40. The summed E-state index contributed by atoms with van der Waals surface area (Å²) in [6.45, 7) is 1.61.